The van der Waals surface area contributed by atoms with Crippen LogP contribution in [0.4, 0.5) is 5.82 Å². The molecule has 19 heavy (non-hydrogen) atoms. The molecule has 2 rings (SSSR count). The molecule has 0 radical (unpaired) electrons. The number of carboxylic acids is 1. The van der Waals surface area contributed by atoms with E-state index in [1.807, 2.05) is 0 Å². The molecule has 1 saturated heterocycles. The van der Waals surface area contributed by atoms with Crippen molar-refractivity contribution in [2.45, 2.75) is 45.1 Å². The third-order valence-electron chi connectivity index (χ3n) is 3.62. The average molecular weight is 283 g/mol. The predicted molar refractivity (Wildman–Crippen MR) is 76.1 cm³/mol. The van der Waals surface area contributed by atoms with E-state index < -0.39 is 5.97 Å². The summed E-state index contributed by atoms with van der Waals surface area (Å²) < 4.78 is 0. The molecule has 1 aliphatic heterocycles. The maximum atomic E-state index is 11.1. The van der Waals surface area contributed by atoms with Crippen molar-refractivity contribution in [2.75, 3.05) is 11.4 Å². The summed E-state index contributed by atoms with van der Waals surface area (Å²) in [7, 11) is 0. The maximum Gasteiger partial charge on any atom is 0.337 e. The number of pyridine rings is 1. The molecule has 0 saturated carbocycles. The van der Waals surface area contributed by atoms with Crippen molar-refractivity contribution in [3.05, 3.63) is 22.8 Å². The minimum absolute atomic E-state index is 0.132. The van der Waals surface area contributed by atoms with E-state index in [4.69, 9.17) is 16.7 Å². The third-order valence-corrected chi connectivity index (χ3v) is 3.99. The molecule has 0 aromatic carbocycles. The molecule has 4 nitrogen and oxygen atoms in total. The Morgan fingerprint density at radius 1 is 1.58 bits per heavy atom. The van der Waals surface area contributed by atoms with Crippen LogP contribution in [-0.4, -0.2) is 28.6 Å². The summed E-state index contributed by atoms with van der Waals surface area (Å²) in [5.74, 6) is -0.377. The van der Waals surface area contributed by atoms with E-state index in [0.29, 0.717) is 11.9 Å². The van der Waals surface area contributed by atoms with E-state index >= 15 is 0 Å². The minimum atomic E-state index is -1.00. The molecule has 1 aromatic heterocycles. The average Bonchev–Trinajstić information content (AvgIpc) is 2.40. The van der Waals surface area contributed by atoms with Crippen LogP contribution >= 0.6 is 11.6 Å². The van der Waals surface area contributed by atoms with Crippen LogP contribution in [-0.2, 0) is 0 Å². The van der Waals surface area contributed by atoms with E-state index in [0.717, 1.165) is 32.2 Å². The first-order chi connectivity index (χ1) is 9.15. The zero-order chi connectivity index (χ0) is 13.8. The first kappa shape index (κ1) is 14.1. The van der Waals surface area contributed by atoms with Gasteiger partial charge in [0.05, 0.1) is 10.6 Å². The number of hydrogen-bond acceptors (Lipinski definition) is 3. The van der Waals surface area contributed by atoms with Gasteiger partial charge in [-0.3, -0.25) is 0 Å². The SMILES string of the molecule is CCCC1CCCCN1c1nccc(C(=O)O)c1Cl. The number of piperidine rings is 1. The maximum absolute atomic E-state index is 11.1. The lowest BCUT2D eigenvalue weighted by Gasteiger charge is -2.37. The first-order valence-electron chi connectivity index (χ1n) is 6.79. The van der Waals surface area contributed by atoms with Gasteiger partial charge in [0.2, 0.25) is 0 Å². The zero-order valence-electron chi connectivity index (χ0n) is 11.1. The second-order valence-corrected chi connectivity index (χ2v) is 5.31. The Balaban J connectivity index is 2.33. The molecule has 104 valence electrons. The van der Waals surface area contributed by atoms with Crippen molar-refractivity contribution >= 4 is 23.4 Å². The topological polar surface area (TPSA) is 53.4 Å². The van der Waals surface area contributed by atoms with Gasteiger partial charge in [0.25, 0.3) is 0 Å². The van der Waals surface area contributed by atoms with Crippen molar-refractivity contribution in [1.29, 1.82) is 0 Å². The smallest absolute Gasteiger partial charge is 0.337 e. The molecule has 1 fully saturated rings. The second-order valence-electron chi connectivity index (χ2n) is 4.93. The van der Waals surface area contributed by atoms with Crippen LogP contribution in [0, 0.1) is 0 Å². The fourth-order valence-electron chi connectivity index (χ4n) is 2.71. The molecule has 0 bridgehead atoms. The number of carbonyl (C=O) groups is 1. The molecular formula is C14H19ClN2O2. The number of rotatable bonds is 4. The zero-order valence-corrected chi connectivity index (χ0v) is 11.9. The molecule has 1 aliphatic rings. The monoisotopic (exact) mass is 282 g/mol. The number of anilines is 1. The molecule has 1 atom stereocenters. The minimum Gasteiger partial charge on any atom is -0.478 e. The van der Waals surface area contributed by atoms with Crippen LogP contribution in [0.2, 0.25) is 5.02 Å². The van der Waals surface area contributed by atoms with Gasteiger partial charge >= 0.3 is 5.97 Å². The predicted octanol–water partition coefficient (Wildman–Crippen LogP) is 3.59. The van der Waals surface area contributed by atoms with Gasteiger partial charge in [-0.05, 0) is 31.7 Å². The van der Waals surface area contributed by atoms with Crippen LogP contribution in [0.3, 0.4) is 0 Å². The van der Waals surface area contributed by atoms with Gasteiger partial charge in [0, 0.05) is 18.8 Å². The standard InChI is InChI=1S/C14H19ClN2O2/c1-2-5-10-6-3-4-9-17(10)13-12(15)11(14(18)19)7-8-16-13/h7-8,10H,2-6,9H2,1H3,(H,18,19). The normalized spacial score (nSPS) is 19.5. The third kappa shape index (κ3) is 3.00. The highest BCUT2D eigenvalue weighted by Gasteiger charge is 2.26. The summed E-state index contributed by atoms with van der Waals surface area (Å²) in [6.07, 6.45) is 7.19. The molecule has 0 amide bonds. The van der Waals surface area contributed by atoms with Gasteiger partial charge in [0.1, 0.15) is 5.82 Å². The summed E-state index contributed by atoms with van der Waals surface area (Å²) >= 11 is 6.22. The number of hydrogen-bond donors (Lipinski definition) is 1. The molecule has 0 aliphatic carbocycles. The van der Waals surface area contributed by atoms with E-state index in [9.17, 15) is 4.79 Å². The quantitative estimate of drug-likeness (QED) is 0.917. The molecule has 1 unspecified atom stereocenters. The highest BCUT2D eigenvalue weighted by molar-refractivity contribution is 6.35. The van der Waals surface area contributed by atoms with E-state index in [2.05, 4.69) is 16.8 Å². The van der Waals surface area contributed by atoms with Crippen molar-refractivity contribution in [1.82, 2.24) is 4.98 Å². The Kier molecular flexibility index (Phi) is 4.64. The van der Waals surface area contributed by atoms with Gasteiger partial charge in [-0.15, -0.1) is 0 Å². The van der Waals surface area contributed by atoms with Crippen LogP contribution in [0.25, 0.3) is 0 Å². The Labute approximate surface area is 118 Å². The Morgan fingerprint density at radius 2 is 2.37 bits per heavy atom. The van der Waals surface area contributed by atoms with Crippen molar-refractivity contribution in [3.63, 3.8) is 0 Å². The van der Waals surface area contributed by atoms with Gasteiger partial charge in [-0.1, -0.05) is 24.9 Å². The van der Waals surface area contributed by atoms with Crippen molar-refractivity contribution in [2.24, 2.45) is 0 Å². The van der Waals surface area contributed by atoms with Crippen LogP contribution < -0.4 is 4.90 Å². The van der Waals surface area contributed by atoms with E-state index in [-0.39, 0.29) is 10.6 Å². The van der Waals surface area contributed by atoms with Crippen LogP contribution in [0.5, 0.6) is 0 Å². The van der Waals surface area contributed by atoms with Gasteiger partial charge in [-0.2, -0.15) is 0 Å². The second kappa shape index (κ2) is 6.24. The number of aromatic nitrogens is 1. The molecular weight excluding hydrogens is 264 g/mol. The lowest BCUT2D eigenvalue weighted by Crippen LogP contribution is -2.40. The van der Waals surface area contributed by atoms with Gasteiger partial charge in [-0.25, -0.2) is 9.78 Å². The summed E-state index contributed by atoms with van der Waals surface area (Å²) in [5, 5.41) is 9.39. The number of nitrogens with zero attached hydrogens (tertiary/aromatic N) is 2. The number of aromatic carboxylic acids is 1. The van der Waals surface area contributed by atoms with Crippen LogP contribution in [0.1, 0.15) is 49.4 Å². The summed E-state index contributed by atoms with van der Waals surface area (Å²) in [6, 6.07) is 1.88. The highest BCUT2D eigenvalue weighted by Crippen LogP contribution is 2.32. The molecule has 1 N–H and O–H groups in total. The molecule has 0 spiro atoms. The molecule has 5 heteroatoms. The van der Waals surface area contributed by atoms with E-state index in [1.165, 1.54) is 18.7 Å². The Bertz CT molecular complexity index is 463. The fraction of sp³-hybridized carbons (Fsp3) is 0.571. The summed E-state index contributed by atoms with van der Waals surface area (Å²) in [6.45, 7) is 3.07. The Hall–Kier alpha value is -1.29. The number of carboxylic acid groups (broad SMARTS) is 1. The fourth-order valence-corrected chi connectivity index (χ4v) is 3.01. The first-order valence-corrected chi connectivity index (χ1v) is 7.17. The van der Waals surface area contributed by atoms with Gasteiger partial charge in [0.15, 0.2) is 0 Å². The van der Waals surface area contributed by atoms with Gasteiger partial charge < -0.3 is 10.0 Å². The van der Waals surface area contributed by atoms with Crippen molar-refractivity contribution < 1.29 is 9.90 Å². The highest BCUT2D eigenvalue weighted by atomic mass is 35.5. The molecule has 1 aromatic rings. The van der Waals surface area contributed by atoms with Crippen molar-refractivity contribution in [3.8, 4) is 0 Å². The largest absolute Gasteiger partial charge is 0.478 e. The number of halogens is 1. The lowest BCUT2D eigenvalue weighted by molar-refractivity contribution is 0.0697. The summed E-state index contributed by atoms with van der Waals surface area (Å²) in [5.41, 5.74) is 0.132. The van der Waals surface area contributed by atoms with E-state index in [1.54, 1.807) is 0 Å². The molecule has 2 heterocycles. The Morgan fingerprint density at radius 3 is 3.05 bits per heavy atom. The lowest BCUT2D eigenvalue weighted by atomic mass is 9.98. The summed E-state index contributed by atoms with van der Waals surface area (Å²) in [4.78, 5) is 17.6. The van der Waals surface area contributed by atoms with Crippen LogP contribution in [0.15, 0.2) is 12.3 Å².